The standard InChI is InChI=1S/C14H16BNO7S/c17-12(18)6-8-3-4-11(15(22)23-8)16-14(21)9(7-13(19)20)10-2-1-5-24-10/h1-2,5,7-8,11,22H,3-4,6H2,(H,16,21)(H,17,18)(H,19,20)/b9-7+. The molecule has 1 amide bonds. The summed E-state index contributed by atoms with van der Waals surface area (Å²) in [5.74, 6) is -3.65. The molecule has 4 N–H and O–H groups in total. The highest BCUT2D eigenvalue weighted by molar-refractivity contribution is 7.11. The number of hydrogen-bond acceptors (Lipinski definition) is 6. The third kappa shape index (κ3) is 4.92. The molecule has 2 heterocycles. The van der Waals surface area contributed by atoms with Crippen LogP contribution in [0.3, 0.4) is 0 Å². The second kappa shape index (κ2) is 8.09. The molecule has 0 aliphatic carbocycles. The van der Waals surface area contributed by atoms with E-state index in [1.165, 1.54) is 11.3 Å². The summed E-state index contributed by atoms with van der Waals surface area (Å²) in [5, 5.41) is 31.9. The van der Waals surface area contributed by atoms with E-state index in [2.05, 4.69) is 5.32 Å². The van der Waals surface area contributed by atoms with Gasteiger partial charge in [0.1, 0.15) is 0 Å². The van der Waals surface area contributed by atoms with Crippen molar-refractivity contribution in [2.24, 2.45) is 0 Å². The van der Waals surface area contributed by atoms with Crippen LogP contribution in [0.4, 0.5) is 0 Å². The molecular formula is C14H16BNO7S. The number of hydrogen-bond donors (Lipinski definition) is 4. The van der Waals surface area contributed by atoms with Crippen LogP contribution in [-0.4, -0.2) is 52.2 Å². The first kappa shape index (κ1) is 18.2. The Labute approximate surface area is 141 Å². The highest BCUT2D eigenvalue weighted by Crippen LogP contribution is 2.23. The smallest absolute Gasteiger partial charge is 0.478 e. The zero-order chi connectivity index (χ0) is 17.7. The summed E-state index contributed by atoms with van der Waals surface area (Å²) in [6.07, 6.45) is 0.666. The lowest BCUT2D eigenvalue weighted by atomic mass is 9.72. The van der Waals surface area contributed by atoms with Crippen LogP contribution in [0, 0.1) is 0 Å². The van der Waals surface area contributed by atoms with Gasteiger partial charge in [0.15, 0.2) is 0 Å². The molecule has 1 aromatic rings. The second-order valence-electron chi connectivity index (χ2n) is 5.28. The maximum Gasteiger partial charge on any atom is 0.478 e. The lowest BCUT2D eigenvalue weighted by Crippen LogP contribution is -2.53. The van der Waals surface area contributed by atoms with E-state index in [9.17, 15) is 19.4 Å². The number of carbonyl (C=O) groups is 3. The van der Waals surface area contributed by atoms with Crippen molar-refractivity contribution < 1.29 is 34.3 Å². The van der Waals surface area contributed by atoms with Crippen molar-refractivity contribution in [1.82, 2.24) is 5.32 Å². The molecule has 0 saturated carbocycles. The van der Waals surface area contributed by atoms with Gasteiger partial charge in [-0.1, -0.05) is 6.07 Å². The zero-order valence-corrected chi connectivity index (χ0v) is 13.4. The zero-order valence-electron chi connectivity index (χ0n) is 12.5. The number of carbonyl (C=O) groups excluding carboxylic acids is 1. The fraction of sp³-hybridized carbons (Fsp3) is 0.357. The van der Waals surface area contributed by atoms with Crippen molar-refractivity contribution in [1.29, 1.82) is 0 Å². The monoisotopic (exact) mass is 353 g/mol. The minimum absolute atomic E-state index is 0.0163. The molecule has 1 fully saturated rings. The normalized spacial score (nSPS) is 21.4. The Hall–Kier alpha value is -2.17. The molecule has 0 bridgehead atoms. The molecule has 1 aliphatic heterocycles. The number of aliphatic carboxylic acids is 2. The number of nitrogens with one attached hydrogen (secondary N) is 1. The van der Waals surface area contributed by atoms with Crippen LogP contribution in [0.25, 0.3) is 5.57 Å². The van der Waals surface area contributed by atoms with Gasteiger partial charge in [-0.15, -0.1) is 11.3 Å². The number of carboxylic acids is 2. The Morgan fingerprint density at radius 1 is 1.38 bits per heavy atom. The van der Waals surface area contributed by atoms with Gasteiger partial charge in [-0.05, 0) is 24.3 Å². The Morgan fingerprint density at radius 3 is 2.67 bits per heavy atom. The van der Waals surface area contributed by atoms with Gasteiger partial charge in [0.2, 0.25) is 0 Å². The molecule has 2 atom stereocenters. The van der Waals surface area contributed by atoms with Crippen molar-refractivity contribution in [3.05, 3.63) is 28.5 Å². The molecule has 8 nitrogen and oxygen atoms in total. The van der Waals surface area contributed by atoms with E-state index in [-0.39, 0.29) is 12.0 Å². The maximum atomic E-state index is 12.4. The Bertz CT molecular complexity index is 646. The summed E-state index contributed by atoms with van der Waals surface area (Å²) in [5.41, 5.74) is -0.0163. The summed E-state index contributed by atoms with van der Waals surface area (Å²) < 4.78 is 5.19. The molecule has 1 aromatic heterocycles. The van der Waals surface area contributed by atoms with E-state index in [1.54, 1.807) is 17.5 Å². The number of amides is 1. The summed E-state index contributed by atoms with van der Waals surface area (Å²) in [6, 6.07) is 3.31. The summed E-state index contributed by atoms with van der Waals surface area (Å²) in [7, 11) is -1.35. The average molecular weight is 353 g/mol. The molecular weight excluding hydrogens is 337 g/mol. The van der Waals surface area contributed by atoms with E-state index in [4.69, 9.17) is 14.9 Å². The molecule has 1 saturated heterocycles. The van der Waals surface area contributed by atoms with E-state index in [1.807, 2.05) is 0 Å². The van der Waals surface area contributed by atoms with Crippen LogP contribution in [0.15, 0.2) is 23.6 Å². The minimum atomic E-state index is -1.35. The summed E-state index contributed by atoms with van der Waals surface area (Å²) in [4.78, 5) is 34.4. The van der Waals surface area contributed by atoms with Crippen LogP contribution >= 0.6 is 11.3 Å². The van der Waals surface area contributed by atoms with E-state index >= 15 is 0 Å². The predicted molar refractivity (Wildman–Crippen MR) is 86.2 cm³/mol. The molecule has 2 rings (SSSR count). The average Bonchev–Trinajstić information content (AvgIpc) is 3.00. The van der Waals surface area contributed by atoms with Gasteiger partial charge in [0.25, 0.3) is 5.91 Å². The van der Waals surface area contributed by atoms with Crippen molar-refractivity contribution in [3.8, 4) is 0 Å². The molecule has 128 valence electrons. The number of carboxylic acid groups (broad SMARTS) is 2. The predicted octanol–water partition coefficient (Wildman–Crippen LogP) is 0.374. The van der Waals surface area contributed by atoms with Crippen molar-refractivity contribution in [2.45, 2.75) is 31.3 Å². The molecule has 24 heavy (non-hydrogen) atoms. The van der Waals surface area contributed by atoms with Crippen LogP contribution in [0.1, 0.15) is 24.1 Å². The molecule has 2 unspecified atom stereocenters. The van der Waals surface area contributed by atoms with Gasteiger partial charge in [-0.25, -0.2) is 4.79 Å². The number of rotatable bonds is 6. The van der Waals surface area contributed by atoms with Crippen LogP contribution < -0.4 is 5.32 Å². The van der Waals surface area contributed by atoms with Gasteiger partial charge in [-0.3, -0.25) is 9.59 Å². The van der Waals surface area contributed by atoms with Gasteiger partial charge in [0.05, 0.1) is 24.0 Å². The van der Waals surface area contributed by atoms with E-state index in [0.29, 0.717) is 17.7 Å². The summed E-state index contributed by atoms with van der Waals surface area (Å²) >= 11 is 1.22. The number of thiophene rings is 1. The van der Waals surface area contributed by atoms with Gasteiger partial charge in [-0.2, -0.15) is 0 Å². The lowest BCUT2D eigenvalue weighted by Gasteiger charge is -2.31. The molecule has 10 heteroatoms. The van der Waals surface area contributed by atoms with Crippen molar-refractivity contribution in [2.75, 3.05) is 0 Å². The molecule has 0 radical (unpaired) electrons. The van der Waals surface area contributed by atoms with Gasteiger partial charge in [0, 0.05) is 11.0 Å². The fourth-order valence-electron chi connectivity index (χ4n) is 2.41. The lowest BCUT2D eigenvalue weighted by molar-refractivity contribution is -0.139. The van der Waals surface area contributed by atoms with Gasteiger partial charge < -0.3 is 25.2 Å². The third-order valence-electron chi connectivity index (χ3n) is 3.49. The highest BCUT2D eigenvalue weighted by Gasteiger charge is 2.37. The fourth-order valence-corrected chi connectivity index (χ4v) is 3.15. The van der Waals surface area contributed by atoms with Crippen LogP contribution in [-0.2, 0) is 19.0 Å². The first-order chi connectivity index (χ1) is 11.4. The SMILES string of the molecule is O=C(O)/C=C(/C(=O)NC1CCC(CC(=O)O)OB1O)c1cccs1. The van der Waals surface area contributed by atoms with Gasteiger partial charge >= 0.3 is 19.1 Å². The Morgan fingerprint density at radius 2 is 2.12 bits per heavy atom. The Kier molecular flexibility index (Phi) is 6.13. The van der Waals surface area contributed by atoms with E-state index < -0.39 is 37.0 Å². The minimum Gasteiger partial charge on any atom is -0.481 e. The van der Waals surface area contributed by atoms with Crippen LogP contribution in [0.5, 0.6) is 0 Å². The molecule has 0 spiro atoms. The highest BCUT2D eigenvalue weighted by atomic mass is 32.1. The largest absolute Gasteiger partial charge is 0.481 e. The third-order valence-corrected chi connectivity index (χ3v) is 4.40. The first-order valence-corrected chi connectivity index (χ1v) is 8.09. The summed E-state index contributed by atoms with van der Waals surface area (Å²) in [6.45, 7) is 0. The van der Waals surface area contributed by atoms with Crippen molar-refractivity contribution in [3.63, 3.8) is 0 Å². The molecule has 1 aliphatic rings. The van der Waals surface area contributed by atoms with Crippen molar-refractivity contribution >= 4 is 41.9 Å². The maximum absolute atomic E-state index is 12.4. The molecule has 0 aromatic carbocycles. The second-order valence-corrected chi connectivity index (χ2v) is 6.23. The quantitative estimate of drug-likeness (QED) is 0.429. The Balaban J connectivity index is 2.03. The first-order valence-electron chi connectivity index (χ1n) is 7.21. The topological polar surface area (TPSA) is 133 Å². The van der Waals surface area contributed by atoms with E-state index in [0.717, 1.165) is 6.08 Å². The van der Waals surface area contributed by atoms with Crippen LogP contribution in [0.2, 0.25) is 0 Å².